The summed E-state index contributed by atoms with van der Waals surface area (Å²) in [6.07, 6.45) is 1.03. The van der Waals surface area contributed by atoms with E-state index in [1.54, 1.807) is 0 Å². The Bertz CT molecular complexity index is 259. The molecule has 0 N–H and O–H groups in total. The van der Waals surface area contributed by atoms with Crippen LogP contribution in [-0.4, -0.2) is 10.2 Å². The van der Waals surface area contributed by atoms with Gasteiger partial charge in [-0.05, 0) is 11.7 Å². The van der Waals surface area contributed by atoms with Crippen molar-refractivity contribution >= 4 is 35.7 Å². The van der Waals surface area contributed by atoms with Crippen molar-refractivity contribution in [1.29, 1.82) is 0 Å². The lowest BCUT2D eigenvalue weighted by Gasteiger charge is -2.00. The molecule has 0 saturated heterocycles. The summed E-state index contributed by atoms with van der Waals surface area (Å²) in [6.45, 7) is 6.60. The van der Waals surface area contributed by atoms with E-state index in [1.165, 1.54) is 15.6 Å². The second kappa shape index (κ2) is 6.03. The van der Waals surface area contributed by atoms with Gasteiger partial charge in [0.2, 0.25) is 0 Å². The molecule has 0 radical (unpaired) electrons. The minimum Gasteiger partial charge on any atom is -0.245 e. The Morgan fingerprint density at radius 3 is 2.64 bits per heavy atom. The SMILES string of the molecule is CCc1nc(CSC(C)C)sc1CS. The van der Waals surface area contributed by atoms with Crippen molar-refractivity contribution in [3.63, 3.8) is 0 Å². The van der Waals surface area contributed by atoms with Gasteiger partial charge in [-0.15, -0.1) is 11.3 Å². The fraction of sp³-hybridized carbons (Fsp3) is 0.700. The van der Waals surface area contributed by atoms with E-state index in [9.17, 15) is 0 Å². The average Bonchev–Trinajstić information content (AvgIpc) is 2.57. The smallest absolute Gasteiger partial charge is 0.103 e. The van der Waals surface area contributed by atoms with E-state index < -0.39 is 0 Å². The predicted octanol–water partition coefficient (Wildman–Crippen LogP) is 3.78. The maximum absolute atomic E-state index is 4.62. The van der Waals surface area contributed by atoms with Gasteiger partial charge in [0.25, 0.3) is 0 Å². The van der Waals surface area contributed by atoms with Crippen molar-refractivity contribution in [2.75, 3.05) is 0 Å². The van der Waals surface area contributed by atoms with E-state index >= 15 is 0 Å². The normalized spacial score (nSPS) is 11.2. The molecule has 0 aliphatic rings. The summed E-state index contributed by atoms with van der Waals surface area (Å²) in [5.41, 5.74) is 1.24. The van der Waals surface area contributed by atoms with Crippen LogP contribution in [0.1, 0.15) is 36.3 Å². The first-order chi connectivity index (χ1) is 6.67. The third-order valence-corrected chi connectivity index (χ3v) is 4.76. The van der Waals surface area contributed by atoms with Gasteiger partial charge in [0.1, 0.15) is 5.01 Å². The molecular weight excluding hydrogens is 230 g/mol. The Hall–Kier alpha value is 0.330. The topological polar surface area (TPSA) is 12.9 Å². The van der Waals surface area contributed by atoms with Crippen LogP contribution in [0.5, 0.6) is 0 Å². The monoisotopic (exact) mass is 247 g/mol. The van der Waals surface area contributed by atoms with Crippen LogP contribution in [0.3, 0.4) is 0 Å². The summed E-state index contributed by atoms with van der Waals surface area (Å²) in [5, 5.41) is 1.94. The zero-order valence-electron chi connectivity index (χ0n) is 8.91. The number of thiazole rings is 1. The predicted molar refractivity (Wildman–Crippen MR) is 70.6 cm³/mol. The van der Waals surface area contributed by atoms with Gasteiger partial charge in [0.15, 0.2) is 0 Å². The van der Waals surface area contributed by atoms with Crippen molar-refractivity contribution in [1.82, 2.24) is 4.98 Å². The summed E-state index contributed by atoms with van der Waals surface area (Å²) in [5.74, 6) is 1.87. The van der Waals surface area contributed by atoms with Crippen LogP contribution in [0.15, 0.2) is 0 Å². The van der Waals surface area contributed by atoms with Crippen LogP contribution in [0.25, 0.3) is 0 Å². The number of aryl methyl sites for hydroxylation is 1. The summed E-state index contributed by atoms with van der Waals surface area (Å²) >= 11 is 8.09. The first kappa shape index (κ1) is 12.4. The van der Waals surface area contributed by atoms with Crippen LogP contribution in [0, 0.1) is 0 Å². The van der Waals surface area contributed by atoms with Gasteiger partial charge in [-0.2, -0.15) is 24.4 Å². The second-order valence-corrected chi connectivity index (χ2v) is 6.40. The molecule has 0 aliphatic heterocycles. The highest BCUT2D eigenvalue weighted by molar-refractivity contribution is 7.99. The van der Waals surface area contributed by atoms with E-state index in [0.29, 0.717) is 5.25 Å². The number of nitrogens with zero attached hydrogens (tertiary/aromatic N) is 1. The summed E-state index contributed by atoms with van der Waals surface area (Å²) in [4.78, 5) is 5.96. The van der Waals surface area contributed by atoms with Gasteiger partial charge in [-0.25, -0.2) is 4.98 Å². The third-order valence-electron chi connectivity index (χ3n) is 1.84. The van der Waals surface area contributed by atoms with Crippen molar-refractivity contribution in [2.24, 2.45) is 0 Å². The molecule has 1 aromatic rings. The first-order valence-electron chi connectivity index (χ1n) is 4.87. The fourth-order valence-electron chi connectivity index (χ4n) is 1.14. The molecular formula is C10H17NS3. The van der Waals surface area contributed by atoms with Crippen LogP contribution >= 0.6 is 35.7 Å². The molecule has 1 aromatic heterocycles. The number of hydrogen-bond acceptors (Lipinski definition) is 4. The van der Waals surface area contributed by atoms with Gasteiger partial charge in [0, 0.05) is 16.4 Å². The van der Waals surface area contributed by atoms with Crippen LogP contribution < -0.4 is 0 Å². The van der Waals surface area contributed by atoms with Crippen LogP contribution in [0.2, 0.25) is 0 Å². The maximum Gasteiger partial charge on any atom is 0.103 e. The molecule has 1 rings (SSSR count). The third kappa shape index (κ3) is 3.48. The van der Waals surface area contributed by atoms with Gasteiger partial charge < -0.3 is 0 Å². The number of hydrogen-bond donors (Lipinski definition) is 1. The van der Waals surface area contributed by atoms with E-state index in [-0.39, 0.29) is 0 Å². The summed E-state index contributed by atoms with van der Waals surface area (Å²) in [7, 11) is 0. The molecule has 0 aliphatic carbocycles. The number of rotatable bonds is 5. The molecule has 14 heavy (non-hydrogen) atoms. The maximum atomic E-state index is 4.62. The van der Waals surface area contributed by atoms with Gasteiger partial charge in [-0.1, -0.05) is 20.8 Å². The van der Waals surface area contributed by atoms with E-state index in [1.807, 2.05) is 23.1 Å². The Kier molecular flexibility index (Phi) is 5.34. The highest BCUT2D eigenvalue weighted by Gasteiger charge is 2.08. The Labute approximate surface area is 100 Å². The van der Waals surface area contributed by atoms with Crippen molar-refractivity contribution in [3.8, 4) is 0 Å². The molecule has 0 bridgehead atoms. The van der Waals surface area contributed by atoms with E-state index in [0.717, 1.165) is 17.9 Å². The molecule has 0 spiro atoms. The zero-order valence-corrected chi connectivity index (χ0v) is 11.4. The molecule has 1 nitrogen and oxygen atoms in total. The molecule has 0 fully saturated rings. The van der Waals surface area contributed by atoms with Crippen molar-refractivity contribution in [3.05, 3.63) is 15.6 Å². The quantitative estimate of drug-likeness (QED) is 0.795. The Morgan fingerprint density at radius 1 is 1.50 bits per heavy atom. The molecule has 80 valence electrons. The molecule has 0 atom stereocenters. The fourth-order valence-corrected chi connectivity index (χ4v) is 3.31. The lowest BCUT2D eigenvalue weighted by molar-refractivity contribution is 1.02. The average molecular weight is 247 g/mol. The lowest BCUT2D eigenvalue weighted by Crippen LogP contribution is -1.89. The van der Waals surface area contributed by atoms with Crippen molar-refractivity contribution in [2.45, 2.75) is 43.9 Å². The van der Waals surface area contributed by atoms with E-state index in [2.05, 4.69) is 38.4 Å². The van der Waals surface area contributed by atoms with Crippen LogP contribution in [-0.2, 0) is 17.9 Å². The molecule has 0 amide bonds. The molecule has 0 aromatic carbocycles. The highest BCUT2D eigenvalue weighted by atomic mass is 32.2. The number of thioether (sulfide) groups is 1. The summed E-state index contributed by atoms with van der Waals surface area (Å²) in [6, 6.07) is 0. The molecule has 0 saturated carbocycles. The molecule has 0 unspecified atom stereocenters. The van der Waals surface area contributed by atoms with Crippen LogP contribution in [0.4, 0.5) is 0 Å². The molecule has 1 heterocycles. The Balaban J connectivity index is 2.64. The van der Waals surface area contributed by atoms with Crippen molar-refractivity contribution < 1.29 is 0 Å². The van der Waals surface area contributed by atoms with Gasteiger partial charge in [-0.3, -0.25) is 0 Å². The summed E-state index contributed by atoms with van der Waals surface area (Å²) < 4.78 is 0. The number of thiol groups is 1. The Morgan fingerprint density at radius 2 is 2.21 bits per heavy atom. The van der Waals surface area contributed by atoms with E-state index in [4.69, 9.17) is 0 Å². The zero-order chi connectivity index (χ0) is 10.6. The minimum absolute atomic E-state index is 0.684. The lowest BCUT2D eigenvalue weighted by atomic mass is 10.3. The standard InChI is InChI=1S/C10H17NS3/c1-4-8-9(5-12)14-10(11-8)6-13-7(2)3/h7,12H,4-6H2,1-3H3. The largest absolute Gasteiger partial charge is 0.245 e. The van der Waals surface area contributed by atoms with Gasteiger partial charge in [0.05, 0.1) is 5.69 Å². The number of aromatic nitrogens is 1. The van der Waals surface area contributed by atoms with Gasteiger partial charge >= 0.3 is 0 Å². The molecule has 4 heteroatoms. The highest BCUT2D eigenvalue weighted by Crippen LogP contribution is 2.25. The second-order valence-electron chi connectivity index (χ2n) is 3.35. The minimum atomic E-state index is 0.684. The first-order valence-corrected chi connectivity index (χ1v) is 7.37.